The van der Waals surface area contributed by atoms with Crippen molar-refractivity contribution < 1.29 is 4.74 Å². The number of piperidine rings is 1. The van der Waals surface area contributed by atoms with Gasteiger partial charge in [-0.2, -0.15) is 0 Å². The fourth-order valence-corrected chi connectivity index (χ4v) is 3.43. The zero-order valence-corrected chi connectivity index (χ0v) is 12.4. The van der Waals surface area contributed by atoms with Gasteiger partial charge in [0.2, 0.25) is 0 Å². The van der Waals surface area contributed by atoms with Gasteiger partial charge in [-0.25, -0.2) is 0 Å². The number of likely N-dealkylation sites (tertiary alicyclic amines) is 1. The Hall–Kier alpha value is -0.390. The third kappa shape index (κ3) is 4.04. The zero-order chi connectivity index (χ0) is 13.1. The molecule has 2 saturated heterocycles. The van der Waals surface area contributed by atoms with Gasteiger partial charge >= 0.3 is 0 Å². The Balaban J connectivity index is 1.37. The lowest BCUT2D eigenvalue weighted by molar-refractivity contribution is 0.0247. The largest absolute Gasteiger partial charge is 0.381 e. The van der Waals surface area contributed by atoms with Crippen LogP contribution in [0.4, 0.5) is 0 Å². The van der Waals surface area contributed by atoms with Crippen LogP contribution in [0.1, 0.15) is 38.5 Å². The number of nitrogens with one attached hydrogen (secondary N) is 2. The predicted octanol–water partition coefficient (Wildman–Crippen LogP) is 1.26. The Labute approximate surface area is 121 Å². The van der Waals surface area contributed by atoms with Crippen molar-refractivity contribution in [1.29, 1.82) is 0 Å². The van der Waals surface area contributed by atoms with Crippen molar-refractivity contribution in [2.75, 3.05) is 26.3 Å². The predicted molar refractivity (Wildman–Crippen MR) is 80.3 cm³/mol. The molecule has 1 saturated carbocycles. The Morgan fingerprint density at radius 1 is 0.895 bits per heavy atom. The van der Waals surface area contributed by atoms with E-state index < -0.39 is 0 Å². The molecule has 0 unspecified atom stereocenters. The Bertz CT molecular complexity index is 308. The van der Waals surface area contributed by atoms with Crippen LogP contribution in [0.15, 0.2) is 0 Å². The molecule has 108 valence electrons. The fraction of sp³-hybridized carbons (Fsp3) is 0.929. The van der Waals surface area contributed by atoms with Crippen molar-refractivity contribution >= 4 is 17.3 Å². The number of thiocarbonyl (C=S) groups is 1. The number of rotatable bonds is 3. The first-order valence-corrected chi connectivity index (χ1v) is 8.11. The highest BCUT2D eigenvalue weighted by atomic mass is 32.1. The Kier molecular flexibility index (Phi) is 4.56. The average molecular weight is 283 g/mol. The van der Waals surface area contributed by atoms with Gasteiger partial charge in [0.25, 0.3) is 0 Å². The van der Waals surface area contributed by atoms with Gasteiger partial charge < -0.3 is 20.3 Å². The number of hydrogen-bond acceptors (Lipinski definition) is 3. The number of ether oxygens (including phenoxy) is 1. The molecule has 3 fully saturated rings. The third-order valence-corrected chi connectivity index (χ3v) is 4.72. The highest BCUT2D eigenvalue weighted by Crippen LogP contribution is 2.21. The van der Waals surface area contributed by atoms with E-state index in [2.05, 4.69) is 15.5 Å². The number of hydrogen-bond donors (Lipinski definition) is 2. The van der Waals surface area contributed by atoms with Gasteiger partial charge in [0.15, 0.2) is 5.11 Å². The van der Waals surface area contributed by atoms with Crippen molar-refractivity contribution in [2.45, 2.75) is 56.7 Å². The monoisotopic (exact) mass is 283 g/mol. The van der Waals surface area contributed by atoms with Crippen molar-refractivity contribution in [3.8, 4) is 0 Å². The molecule has 1 aliphatic carbocycles. The van der Waals surface area contributed by atoms with E-state index in [1.54, 1.807) is 0 Å². The molecule has 5 heteroatoms. The minimum atomic E-state index is 0.565. The molecule has 0 spiro atoms. The maximum absolute atomic E-state index is 5.44. The van der Waals surface area contributed by atoms with E-state index in [1.807, 2.05) is 0 Å². The second kappa shape index (κ2) is 6.37. The molecule has 0 amide bonds. The van der Waals surface area contributed by atoms with Crippen LogP contribution in [0.3, 0.4) is 0 Å². The van der Waals surface area contributed by atoms with Crippen molar-refractivity contribution in [3.05, 3.63) is 0 Å². The molecular formula is C14H25N3OS. The summed E-state index contributed by atoms with van der Waals surface area (Å²) < 4.78 is 5.44. The third-order valence-electron chi connectivity index (χ3n) is 4.48. The van der Waals surface area contributed by atoms with Gasteiger partial charge in [-0.15, -0.1) is 0 Å². The number of nitrogens with zero attached hydrogens (tertiary/aromatic N) is 1. The quantitative estimate of drug-likeness (QED) is 0.763. The maximum Gasteiger partial charge on any atom is 0.166 e. The smallest absolute Gasteiger partial charge is 0.166 e. The minimum Gasteiger partial charge on any atom is -0.381 e. The van der Waals surface area contributed by atoms with Crippen LogP contribution >= 0.6 is 12.2 Å². The minimum absolute atomic E-state index is 0.565. The van der Waals surface area contributed by atoms with Crippen LogP contribution in [0.25, 0.3) is 0 Å². The lowest BCUT2D eigenvalue weighted by Gasteiger charge is -2.39. The molecule has 0 aromatic heterocycles. The van der Waals surface area contributed by atoms with Crippen molar-refractivity contribution in [3.63, 3.8) is 0 Å². The van der Waals surface area contributed by atoms with Crippen molar-refractivity contribution in [1.82, 2.24) is 15.5 Å². The van der Waals surface area contributed by atoms with E-state index in [1.165, 1.54) is 51.6 Å². The molecule has 3 rings (SSSR count). The van der Waals surface area contributed by atoms with Gasteiger partial charge in [-0.05, 0) is 50.7 Å². The standard InChI is InChI=1S/C14H25N3OS/c19-14(15-11-1-2-11)16-12-3-7-17(8-4-12)13-5-9-18-10-6-13/h11-13H,1-10H2,(H2,15,16,19). The summed E-state index contributed by atoms with van der Waals surface area (Å²) in [5, 5.41) is 7.72. The molecule has 0 aromatic carbocycles. The first-order valence-electron chi connectivity index (χ1n) is 7.70. The second-order valence-electron chi connectivity index (χ2n) is 6.05. The van der Waals surface area contributed by atoms with Crippen LogP contribution in [0.2, 0.25) is 0 Å². The van der Waals surface area contributed by atoms with Crippen LogP contribution in [0.5, 0.6) is 0 Å². The van der Waals surface area contributed by atoms with Crippen LogP contribution in [-0.2, 0) is 4.74 Å². The molecule has 0 atom stereocenters. The van der Waals surface area contributed by atoms with E-state index in [9.17, 15) is 0 Å². The Morgan fingerprint density at radius 2 is 1.47 bits per heavy atom. The van der Waals surface area contributed by atoms with Crippen LogP contribution in [0, 0.1) is 0 Å². The first kappa shape index (κ1) is 13.6. The molecule has 0 bridgehead atoms. The molecule has 2 aliphatic heterocycles. The second-order valence-corrected chi connectivity index (χ2v) is 6.45. The molecule has 19 heavy (non-hydrogen) atoms. The summed E-state index contributed by atoms with van der Waals surface area (Å²) in [6.07, 6.45) is 7.40. The highest BCUT2D eigenvalue weighted by molar-refractivity contribution is 7.80. The summed E-state index contributed by atoms with van der Waals surface area (Å²) in [5.74, 6) is 0. The molecule has 0 radical (unpaired) electrons. The molecule has 3 aliphatic rings. The van der Waals surface area contributed by atoms with Gasteiger partial charge in [0.05, 0.1) is 0 Å². The van der Waals surface area contributed by atoms with E-state index in [0.29, 0.717) is 12.1 Å². The van der Waals surface area contributed by atoms with Crippen molar-refractivity contribution in [2.24, 2.45) is 0 Å². The molecule has 4 nitrogen and oxygen atoms in total. The van der Waals surface area contributed by atoms with E-state index >= 15 is 0 Å². The molecule has 0 aromatic rings. The van der Waals surface area contributed by atoms with E-state index in [4.69, 9.17) is 17.0 Å². The first-order chi connectivity index (χ1) is 9.31. The summed E-state index contributed by atoms with van der Waals surface area (Å²) in [6, 6.07) is 1.98. The topological polar surface area (TPSA) is 36.5 Å². The molecule has 2 N–H and O–H groups in total. The molecule has 2 heterocycles. The summed E-state index contributed by atoms with van der Waals surface area (Å²) in [4.78, 5) is 2.65. The van der Waals surface area contributed by atoms with Crippen LogP contribution < -0.4 is 10.6 Å². The van der Waals surface area contributed by atoms with E-state index in [-0.39, 0.29) is 0 Å². The summed E-state index contributed by atoms with van der Waals surface area (Å²) in [7, 11) is 0. The summed E-state index contributed by atoms with van der Waals surface area (Å²) in [5.41, 5.74) is 0. The lowest BCUT2D eigenvalue weighted by atomic mass is 10.00. The normalized spacial score (nSPS) is 27.2. The zero-order valence-electron chi connectivity index (χ0n) is 11.6. The molecular weight excluding hydrogens is 258 g/mol. The fourth-order valence-electron chi connectivity index (χ4n) is 3.10. The highest BCUT2D eigenvalue weighted by Gasteiger charge is 2.27. The van der Waals surface area contributed by atoms with E-state index in [0.717, 1.165) is 24.4 Å². The average Bonchev–Trinajstić information content (AvgIpc) is 3.24. The summed E-state index contributed by atoms with van der Waals surface area (Å²) in [6.45, 7) is 4.29. The lowest BCUT2D eigenvalue weighted by Crippen LogP contribution is -2.51. The summed E-state index contributed by atoms with van der Waals surface area (Å²) >= 11 is 5.35. The maximum atomic E-state index is 5.44. The van der Waals surface area contributed by atoms with Gasteiger partial charge in [-0.1, -0.05) is 0 Å². The Morgan fingerprint density at radius 3 is 2.05 bits per heavy atom. The van der Waals surface area contributed by atoms with Gasteiger partial charge in [0, 0.05) is 44.4 Å². The van der Waals surface area contributed by atoms with Crippen LogP contribution in [-0.4, -0.2) is 54.4 Å². The van der Waals surface area contributed by atoms with Gasteiger partial charge in [0.1, 0.15) is 0 Å². The SMILES string of the molecule is S=C(NC1CC1)NC1CCN(C2CCOCC2)CC1. The van der Waals surface area contributed by atoms with Gasteiger partial charge in [-0.3, -0.25) is 0 Å².